The second-order valence-electron chi connectivity index (χ2n) is 3.51. The van der Waals surface area contributed by atoms with Crippen LogP contribution in [-0.4, -0.2) is 28.1 Å². The fraction of sp³-hybridized carbons (Fsp3) is 0.182. The molecular weight excluding hydrogens is 222 g/mol. The fourth-order valence-electron chi connectivity index (χ4n) is 1.45. The van der Waals surface area contributed by atoms with E-state index < -0.39 is 5.97 Å². The van der Waals surface area contributed by atoms with Crippen LogP contribution in [0.4, 0.5) is 11.7 Å². The second kappa shape index (κ2) is 4.25. The molecular formula is C11H11N3O3. The molecule has 0 saturated carbocycles. The smallest absolute Gasteiger partial charge is 0.341 e. The Labute approximate surface area is 97.5 Å². The third-order valence-corrected chi connectivity index (χ3v) is 2.30. The maximum Gasteiger partial charge on any atom is 0.341 e. The highest BCUT2D eigenvalue weighted by atomic mass is 16.4. The monoisotopic (exact) mass is 233 g/mol. The summed E-state index contributed by atoms with van der Waals surface area (Å²) in [5.41, 5.74) is 0.0315. The zero-order valence-electron chi connectivity index (χ0n) is 9.41. The molecule has 2 heterocycles. The second-order valence-corrected chi connectivity index (χ2v) is 3.51. The number of aryl methyl sites for hydroxylation is 1. The number of anilines is 2. The fourth-order valence-corrected chi connectivity index (χ4v) is 1.45. The molecule has 0 aliphatic rings. The standard InChI is InChI=1S/C11H11N3O3/c1-7-3-4-9(17-7)14(2)10-8(11(15)16)5-12-6-13-10/h3-6H,1-2H3,(H,15,16). The number of hydrogen-bond acceptors (Lipinski definition) is 5. The number of nitrogens with zero attached hydrogens (tertiary/aromatic N) is 3. The Morgan fingerprint density at radius 3 is 2.82 bits per heavy atom. The highest BCUT2D eigenvalue weighted by Gasteiger charge is 2.17. The predicted octanol–water partition coefficient (Wildman–Crippen LogP) is 1.84. The highest BCUT2D eigenvalue weighted by Crippen LogP contribution is 2.25. The van der Waals surface area contributed by atoms with E-state index in [1.165, 1.54) is 12.5 Å². The molecule has 0 bridgehead atoms. The van der Waals surface area contributed by atoms with E-state index in [2.05, 4.69) is 9.97 Å². The minimum atomic E-state index is -1.07. The van der Waals surface area contributed by atoms with Gasteiger partial charge in [0.1, 0.15) is 17.7 Å². The summed E-state index contributed by atoms with van der Waals surface area (Å²) in [7, 11) is 1.69. The third-order valence-electron chi connectivity index (χ3n) is 2.30. The van der Waals surface area contributed by atoms with E-state index in [0.717, 1.165) is 5.76 Å². The Hall–Kier alpha value is -2.37. The molecule has 0 aliphatic heterocycles. The molecule has 6 heteroatoms. The van der Waals surface area contributed by atoms with Gasteiger partial charge in [-0.3, -0.25) is 4.90 Å². The van der Waals surface area contributed by atoms with Crippen LogP contribution in [0.15, 0.2) is 29.1 Å². The number of aromatic nitrogens is 2. The van der Waals surface area contributed by atoms with Crippen LogP contribution < -0.4 is 4.90 Å². The van der Waals surface area contributed by atoms with Crippen molar-refractivity contribution < 1.29 is 14.3 Å². The normalized spacial score (nSPS) is 10.2. The van der Waals surface area contributed by atoms with Gasteiger partial charge >= 0.3 is 5.97 Å². The van der Waals surface area contributed by atoms with Crippen molar-refractivity contribution in [3.63, 3.8) is 0 Å². The van der Waals surface area contributed by atoms with Crippen LogP contribution in [0.25, 0.3) is 0 Å². The van der Waals surface area contributed by atoms with E-state index in [0.29, 0.717) is 11.7 Å². The number of carboxylic acids is 1. The maximum absolute atomic E-state index is 11.0. The van der Waals surface area contributed by atoms with Crippen LogP contribution in [0.5, 0.6) is 0 Å². The minimum absolute atomic E-state index is 0.0315. The van der Waals surface area contributed by atoms with Crippen LogP contribution in [-0.2, 0) is 0 Å². The molecule has 0 spiro atoms. The van der Waals surface area contributed by atoms with Gasteiger partial charge in [0, 0.05) is 19.3 Å². The van der Waals surface area contributed by atoms with Crippen molar-refractivity contribution in [3.8, 4) is 0 Å². The molecule has 0 amide bonds. The van der Waals surface area contributed by atoms with E-state index in [1.807, 2.05) is 6.92 Å². The molecule has 1 N–H and O–H groups in total. The summed E-state index contributed by atoms with van der Waals surface area (Å²) in [6.07, 6.45) is 2.56. The molecule has 0 aliphatic carbocycles. The SMILES string of the molecule is Cc1ccc(N(C)c2ncncc2C(=O)O)o1. The zero-order chi connectivity index (χ0) is 12.4. The van der Waals surface area contributed by atoms with Gasteiger partial charge in [-0.1, -0.05) is 0 Å². The van der Waals surface area contributed by atoms with Crippen molar-refractivity contribution in [1.82, 2.24) is 9.97 Å². The van der Waals surface area contributed by atoms with E-state index >= 15 is 0 Å². The molecule has 2 aromatic heterocycles. The van der Waals surface area contributed by atoms with Crippen molar-refractivity contribution in [2.45, 2.75) is 6.92 Å². The van der Waals surface area contributed by atoms with Gasteiger partial charge in [-0.15, -0.1) is 0 Å². The van der Waals surface area contributed by atoms with Crippen molar-refractivity contribution in [3.05, 3.63) is 36.0 Å². The van der Waals surface area contributed by atoms with E-state index in [1.54, 1.807) is 24.1 Å². The first-order valence-corrected chi connectivity index (χ1v) is 4.93. The molecule has 0 unspecified atom stereocenters. The number of hydrogen-bond donors (Lipinski definition) is 1. The van der Waals surface area contributed by atoms with Gasteiger partial charge in [0.15, 0.2) is 5.82 Å². The third kappa shape index (κ3) is 2.10. The van der Waals surface area contributed by atoms with Gasteiger partial charge in [-0.05, 0) is 13.0 Å². The maximum atomic E-state index is 11.0. The van der Waals surface area contributed by atoms with Crippen molar-refractivity contribution in [1.29, 1.82) is 0 Å². The lowest BCUT2D eigenvalue weighted by Crippen LogP contribution is -2.15. The van der Waals surface area contributed by atoms with Crippen LogP contribution >= 0.6 is 0 Å². The molecule has 0 atom stereocenters. The Morgan fingerprint density at radius 1 is 1.47 bits per heavy atom. The first-order chi connectivity index (χ1) is 8.09. The van der Waals surface area contributed by atoms with E-state index in [-0.39, 0.29) is 5.56 Å². The molecule has 17 heavy (non-hydrogen) atoms. The Kier molecular flexibility index (Phi) is 2.78. The van der Waals surface area contributed by atoms with Gasteiger partial charge in [0.2, 0.25) is 5.88 Å². The molecule has 0 fully saturated rings. The first-order valence-electron chi connectivity index (χ1n) is 4.93. The molecule has 0 radical (unpaired) electrons. The lowest BCUT2D eigenvalue weighted by molar-refractivity contribution is 0.0697. The lowest BCUT2D eigenvalue weighted by atomic mass is 10.3. The summed E-state index contributed by atoms with van der Waals surface area (Å²) in [4.78, 5) is 20.3. The average Bonchev–Trinajstić information content (AvgIpc) is 2.75. The van der Waals surface area contributed by atoms with Crippen LogP contribution in [0.1, 0.15) is 16.1 Å². The first kappa shape index (κ1) is 11.1. The summed E-state index contributed by atoms with van der Waals surface area (Å²) in [5.74, 6) is 0.499. The van der Waals surface area contributed by atoms with Crippen molar-refractivity contribution in [2.75, 3.05) is 11.9 Å². The van der Waals surface area contributed by atoms with Crippen molar-refractivity contribution >= 4 is 17.7 Å². The minimum Gasteiger partial charge on any atom is -0.477 e. The molecule has 0 saturated heterocycles. The Bertz CT molecular complexity index is 550. The molecule has 2 aromatic rings. The Balaban J connectivity index is 2.43. The van der Waals surface area contributed by atoms with Crippen LogP contribution in [0.3, 0.4) is 0 Å². The number of aromatic carboxylic acids is 1. The summed E-state index contributed by atoms with van der Waals surface area (Å²) >= 11 is 0. The molecule has 2 rings (SSSR count). The number of carboxylic acid groups (broad SMARTS) is 1. The Morgan fingerprint density at radius 2 is 2.24 bits per heavy atom. The van der Waals surface area contributed by atoms with Gasteiger partial charge < -0.3 is 9.52 Å². The van der Waals surface area contributed by atoms with Gasteiger partial charge in [0.25, 0.3) is 0 Å². The zero-order valence-corrected chi connectivity index (χ0v) is 9.41. The number of furan rings is 1. The van der Waals surface area contributed by atoms with Crippen molar-refractivity contribution in [2.24, 2.45) is 0 Å². The van der Waals surface area contributed by atoms with Gasteiger partial charge in [-0.25, -0.2) is 14.8 Å². The van der Waals surface area contributed by atoms with E-state index in [9.17, 15) is 4.79 Å². The van der Waals surface area contributed by atoms with Gasteiger partial charge in [-0.2, -0.15) is 0 Å². The lowest BCUT2D eigenvalue weighted by Gasteiger charge is -2.16. The van der Waals surface area contributed by atoms with Gasteiger partial charge in [0.05, 0.1) is 0 Å². The summed E-state index contributed by atoms with van der Waals surface area (Å²) in [6.45, 7) is 1.81. The molecule has 0 aromatic carbocycles. The molecule has 88 valence electrons. The summed E-state index contributed by atoms with van der Waals surface area (Å²) < 4.78 is 5.41. The summed E-state index contributed by atoms with van der Waals surface area (Å²) in [5, 5.41) is 9.03. The number of carbonyl (C=O) groups is 1. The quantitative estimate of drug-likeness (QED) is 0.871. The van der Waals surface area contributed by atoms with E-state index in [4.69, 9.17) is 9.52 Å². The highest BCUT2D eigenvalue weighted by molar-refractivity contribution is 5.93. The van der Waals surface area contributed by atoms with Crippen LogP contribution in [0.2, 0.25) is 0 Å². The predicted molar refractivity (Wildman–Crippen MR) is 60.5 cm³/mol. The van der Waals surface area contributed by atoms with Crippen LogP contribution in [0, 0.1) is 6.92 Å². The number of rotatable bonds is 3. The summed E-state index contributed by atoms with van der Waals surface area (Å²) in [6, 6.07) is 3.55. The average molecular weight is 233 g/mol. The largest absolute Gasteiger partial charge is 0.477 e. The topological polar surface area (TPSA) is 79.5 Å². The molecule has 6 nitrogen and oxygen atoms in total.